The summed E-state index contributed by atoms with van der Waals surface area (Å²) < 4.78 is 6.99. The molecule has 2 rings (SSSR count). The first-order chi connectivity index (χ1) is 14.2. The van der Waals surface area contributed by atoms with E-state index in [4.69, 9.17) is 27.9 Å². The van der Waals surface area contributed by atoms with Gasteiger partial charge in [-0.2, -0.15) is 0 Å². The first-order valence-corrected chi connectivity index (χ1v) is 14.2. The van der Waals surface area contributed by atoms with E-state index in [9.17, 15) is 14.4 Å². The standard InChI is InChI=1S/C22H32Cl2N2O4Si/c1-8-30-21(28)14-12-26(17-11-15(23)20(24)25-18(17)19(14)27)16(13(2)3)9-10-22(4,5)31(6,7)29/h11-13,16,29H,8-10H2,1-7H3/t16-/m1/s1. The predicted octanol–water partition coefficient (Wildman–Crippen LogP) is 5.83. The number of esters is 1. The summed E-state index contributed by atoms with van der Waals surface area (Å²) >= 11 is 12.3. The van der Waals surface area contributed by atoms with Crippen LogP contribution in [0.3, 0.4) is 0 Å². The Morgan fingerprint density at radius 1 is 1.32 bits per heavy atom. The van der Waals surface area contributed by atoms with Crippen LogP contribution in [0.4, 0.5) is 0 Å². The number of halogens is 2. The number of fused-ring (bicyclic) bond motifs is 1. The first-order valence-electron chi connectivity index (χ1n) is 10.5. The largest absolute Gasteiger partial charge is 0.462 e. The third-order valence-corrected chi connectivity index (χ3v) is 10.5. The molecular weight excluding hydrogens is 455 g/mol. The van der Waals surface area contributed by atoms with Crippen molar-refractivity contribution < 1.29 is 14.3 Å². The second-order valence-electron chi connectivity index (χ2n) is 9.42. The lowest BCUT2D eigenvalue weighted by atomic mass is 9.94. The van der Waals surface area contributed by atoms with Gasteiger partial charge in [0.15, 0.2) is 8.32 Å². The molecule has 0 saturated heterocycles. The minimum Gasteiger partial charge on any atom is -0.462 e. The van der Waals surface area contributed by atoms with E-state index in [0.717, 1.165) is 12.8 Å². The highest BCUT2D eigenvalue weighted by atomic mass is 35.5. The van der Waals surface area contributed by atoms with Gasteiger partial charge in [0.25, 0.3) is 0 Å². The Kier molecular flexibility index (Phi) is 8.01. The maximum atomic E-state index is 13.0. The smallest absolute Gasteiger partial charge is 0.343 e. The summed E-state index contributed by atoms with van der Waals surface area (Å²) in [6.07, 6.45) is 3.07. The molecule has 0 aliphatic carbocycles. The van der Waals surface area contributed by atoms with Crippen molar-refractivity contribution in [2.75, 3.05) is 6.61 Å². The SMILES string of the molecule is CCOC(=O)c1cn([C@H](CCC(C)(C)[Si](C)(C)O)C(C)C)c2cc(Cl)c(Cl)nc2c1=O. The van der Waals surface area contributed by atoms with Gasteiger partial charge in [0.05, 0.1) is 17.1 Å². The van der Waals surface area contributed by atoms with Crippen LogP contribution in [-0.2, 0) is 4.74 Å². The second kappa shape index (κ2) is 9.61. The van der Waals surface area contributed by atoms with Crippen molar-refractivity contribution in [3.8, 4) is 0 Å². The number of nitrogens with zero attached hydrogens (tertiary/aromatic N) is 2. The van der Waals surface area contributed by atoms with Gasteiger partial charge in [-0.15, -0.1) is 0 Å². The van der Waals surface area contributed by atoms with Gasteiger partial charge in [0, 0.05) is 12.2 Å². The summed E-state index contributed by atoms with van der Waals surface area (Å²) in [7, 11) is -2.39. The molecule has 1 atom stereocenters. The first kappa shape index (κ1) is 25.8. The second-order valence-corrected chi connectivity index (χ2v) is 14.7. The van der Waals surface area contributed by atoms with E-state index in [1.165, 1.54) is 0 Å². The fourth-order valence-corrected chi connectivity index (χ4v) is 4.49. The van der Waals surface area contributed by atoms with Crippen molar-refractivity contribution in [3.63, 3.8) is 0 Å². The molecule has 1 N–H and O–H groups in total. The normalized spacial score (nSPS) is 13.6. The van der Waals surface area contributed by atoms with E-state index in [1.807, 2.05) is 17.7 Å². The highest BCUT2D eigenvalue weighted by molar-refractivity contribution is 6.72. The number of hydrogen-bond acceptors (Lipinski definition) is 5. The van der Waals surface area contributed by atoms with Gasteiger partial charge in [0.1, 0.15) is 16.2 Å². The quantitative estimate of drug-likeness (QED) is 0.288. The molecule has 0 aliphatic heterocycles. The van der Waals surface area contributed by atoms with Crippen LogP contribution >= 0.6 is 23.2 Å². The summed E-state index contributed by atoms with van der Waals surface area (Å²) in [6, 6.07) is 1.55. The Bertz CT molecular complexity index is 1030. The molecule has 0 unspecified atom stereocenters. The summed E-state index contributed by atoms with van der Waals surface area (Å²) in [6.45, 7) is 14.1. The lowest BCUT2D eigenvalue weighted by molar-refractivity contribution is 0.0523. The van der Waals surface area contributed by atoms with Crippen molar-refractivity contribution in [2.45, 2.75) is 71.6 Å². The third-order valence-electron chi connectivity index (χ3n) is 6.26. The average molecular weight is 488 g/mol. The number of ether oxygens (including phenoxy) is 1. The Morgan fingerprint density at radius 3 is 2.45 bits per heavy atom. The molecule has 2 aromatic rings. The van der Waals surface area contributed by atoms with Gasteiger partial charge in [-0.1, -0.05) is 50.9 Å². The number of hydrogen-bond donors (Lipinski definition) is 1. The van der Waals surface area contributed by atoms with Gasteiger partial charge in [-0.3, -0.25) is 4.79 Å². The fraction of sp³-hybridized carbons (Fsp3) is 0.591. The Balaban J connectivity index is 2.71. The number of rotatable bonds is 8. The Labute approximate surface area is 194 Å². The van der Waals surface area contributed by atoms with Gasteiger partial charge in [0.2, 0.25) is 5.43 Å². The monoisotopic (exact) mass is 486 g/mol. The maximum absolute atomic E-state index is 13.0. The number of pyridine rings is 2. The Hall–Kier alpha value is -1.41. The van der Waals surface area contributed by atoms with E-state index in [-0.39, 0.29) is 44.9 Å². The number of carbonyl (C=O) groups excluding carboxylic acids is 1. The van der Waals surface area contributed by atoms with Crippen LogP contribution < -0.4 is 5.43 Å². The molecule has 9 heteroatoms. The predicted molar refractivity (Wildman–Crippen MR) is 129 cm³/mol. The van der Waals surface area contributed by atoms with Crippen LogP contribution in [0.25, 0.3) is 11.0 Å². The van der Waals surface area contributed by atoms with Crippen LogP contribution in [0.15, 0.2) is 17.1 Å². The van der Waals surface area contributed by atoms with Gasteiger partial charge >= 0.3 is 5.97 Å². The van der Waals surface area contributed by atoms with Crippen molar-refractivity contribution in [1.82, 2.24) is 9.55 Å². The highest BCUT2D eigenvalue weighted by Crippen LogP contribution is 2.42. The summed E-state index contributed by atoms with van der Waals surface area (Å²) in [5, 5.41) is 0.0324. The van der Waals surface area contributed by atoms with Crippen LogP contribution in [0.5, 0.6) is 0 Å². The van der Waals surface area contributed by atoms with Crippen molar-refractivity contribution >= 4 is 48.5 Å². The molecule has 6 nitrogen and oxygen atoms in total. The van der Waals surface area contributed by atoms with Crippen molar-refractivity contribution in [2.24, 2.45) is 5.92 Å². The molecule has 0 radical (unpaired) electrons. The minimum atomic E-state index is -2.39. The fourth-order valence-electron chi connectivity index (χ4n) is 3.45. The number of aromatic nitrogens is 2. The molecule has 0 aliphatic rings. The van der Waals surface area contributed by atoms with Gasteiger partial charge < -0.3 is 14.1 Å². The molecule has 31 heavy (non-hydrogen) atoms. The van der Waals surface area contributed by atoms with Gasteiger partial charge in [-0.05, 0) is 49.9 Å². The Morgan fingerprint density at radius 2 is 1.94 bits per heavy atom. The van der Waals surface area contributed by atoms with Crippen molar-refractivity contribution in [1.29, 1.82) is 0 Å². The van der Waals surface area contributed by atoms with Crippen LogP contribution in [0.1, 0.15) is 63.9 Å². The molecule has 0 bridgehead atoms. The van der Waals surface area contributed by atoms with Gasteiger partial charge in [-0.25, -0.2) is 9.78 Å². The zero-order valence-corrected chi connectivity index (χ0v) is 21.8. The average Bonchev–Trinajstić information content (AvgIpc) is 2.64. The molecule has 2 aromatic heterocycles. The molecule has 0 amide bonds. The van der Waals surface area contributed by atoms with Crippen LogP contribution in [0, 0.1) is 5.92 Å². The minimum absolute atomic E-state index is 0.00841. The highest BCUT2D eigenvalue weighted by Gasteiger charge is 2.38. The molecule has 2 heterocycles. The zero-order valence-electron chi connectivity index (χ0n) is 19.3. The zero-order chi connectivity index (χ0) is 23.7. The summed E-state index contributed by atoms with van der Waals surface area (Å²) in [4.78, 5) is 40.4. The topological polar surface area (TPSA) is 81.4 Å². The third kappa shape index (κ3) is 5.50. The van der Waals surface area contributed by atoms with Crippen LogP contribution in [-0.4, -0.2) is 35.2 Å². The van der Waals surface area contributed by atoms with E-state index in [2.05, 4.69) is 32.7 Å². The molecule has 172 valence electrons. The van der Waals surface area contributed by atoms with Crippen molar-refractivity contribution in [3.05, 3.63) is 38.2 Å². The van der Waals surface area contributed by atoms with E-state index in [1.54, 1.807) is 19.2 Å². The molecule has 0 aromatic carbocycles. The number of carbonyl (C=O) groups is 1. The van der Waals surface area contributed by atoms with Crippen LogP contribution in [0.2, 0.25) is 28.3 Å². The molecule has 0 fully saturated rings. The lowest BCUT2D eigenvalue weighted by Crippen LogP contribution is -2.39. The lowest BCUT2D eigenvalue weighted by Gasteiger charge is -2.37. The van der Waals surface area contributed by atoms with E-state index in [0.29, 0.717) is 5.52 Å². The molecule has 0 saturated carbocycles. The van der Waals surface area contributed by atoms with E-state index < -0.39 is 19.7 Å². The summed E-state index contributed by atoms with van der Waals surface area (Å²) in [5.41, 5.74) is -0.0109. The summed E-state index contributed by atoms with van der Waals surface area (Å²) in [5.74, 6) is -0.516. The molecular formula is C22H32Cl2N2O4Si. The maximum Gasteiger partial charge on any atom is 0.343 e. The van der Waals surface area contributed by atoms with E-state index >= 15 is 0 Å². The molecule has 0 spiro atoms.